The molecule has 0 spiro atoms. The van der Waals surface area contributed by atoms with Crippen LogP contribution in [0.25, 0.3) is 10.2 Å². The Morgan fingerprint density at radius 1 is 1.41 bits per heavy atom. The van der Waals surface area contributed by atoms with Crippen LogP contribution in [-0.4, -0.2) is 34.9 Å². The van der Waals surface area contributed by atoms with Crippen molar-refractivity contribution in [1.29, 1.82) is 0 Å². The van der Waals surface area contributed by atoms with Crippen molar-refractivity contribution >= 4 is 60.8 Å². The van der Waals surface area contributed by atoms with Gasteiger partial charge in [-0.1, -0.05) is 27.7 Å². The molecule has 3 aromatic rings. The molecule has 0 radical (unpaired) electrons. The number of carbonyl (C=O) groups excluding carboxylic acids is 1. The van der Waals surface area contributed by atoms with Crippen LogP contribution >= 0.6 is 39.0 Å². The van der Waals surface area contributed by atoms with E-state index in [-0.39, 0.29) is 17.2 Å². The van der Waals surface area contributed by atoms with Gasteiger partial charge in [0.15, 0.2) is 5.16 Å². The maximum absolute atomic E-state index is 12.7. The van der Waals surface area contributed by atoms with E-state index < -0.39 is 0 Å². The number of fused-ring (bicyclic) bond motifs is 1. The molecule has 6 nitrogen and oxygen atoms in total. The number of hydrogen-bond donors (Lipinski definition) is 1. The molecule has 1 amide bonds. The van der Waals surface area contributed by atoms with Crippen molar-refractivity contribution in [1.82, 2.24) is 9.55 Å². The van der Waals surface area contributed by atoms with Crippen LogP contribution in [0.1, 0.15) is 5.56 Å². The third-order valence-corrected chi connectivity index (χ3v) is 6.58. The summed E-state index contributed by atoms with van der Waals surface area (Å²) in [5.41, 5.74) is 2.33. The standard InChI is InChI=1S/C18H18BrN3O3S2/c1-11-9-12(3-4-13(11)19)20-15(23)10-27-18-21-14-5-8-26-16(14)17(24)22(18)6-7-25-2/h3-5,8-9H,6-7,10H2,1-2H3,(H,20,23). The topological polar surface area (TPSA) is 73.2 Å². The van der Waals surface area contributed by atoms with Gasteiger partial charge in [-0.3, -0.25) is 14.2 Å². The van der Waals surface area contributed by atoms with Crippen LogP contribution in [-0.2, 0) is 16.1 Å². The minimum atomic E-state index is -0.153. The van der Waals surface area contributed by atoms with Crippen molar-refractivity contribution in [2.75, 3.05) is 24.8 Å². The summed E-state index contributed by atoms with van der Waals surface area (Å²) >= 11 is 6.06. The summed E-state index contributed by atoms with van der Waals surface area (Å²) < 4.78 is 8.28. The first-order valence-corrected chi connectivity index (χ1v) is 10.8. The largest absolute Gasteiger partial charge is 0.383 e. The molecule has 0 saturated heterocycles. The maximum Gasteiger partial charge on any atom is 0.272 e. The predicted octanol–water partition coefficient (Wildman–Crippen LogP) is 3.91. The lowest BCUT2D eigenvalue weighted by Crippen LogP contribution is -2.25. The number of carbonyl (C=O) groups is 1. The van der Waals surface area contributed by atoms with Crippen molar-refractivity contribution in [2.24, 2.45) is 0 Å². The number of halogens is 1. The van der Waals surface area contributed by atoms with Gasteiger partial charge in [0.2, 0.25) is 5.91 Å². The number of methoxy groups -OCH3 is 1. The molecular weight excluding hydrogens is 450 g/mol. The smallest absolute Gasteiger partial charge is 0.272 e. The van der Waals surface area contributed by atoms with E-state index in [0.29, 0.717) is 28.5 Å². The SMILES string of the molecule is COCCn1c(SCC(=O)Nc2ccc(Br)c(C)c2)nc2ccsc2c1=O. The summed E-state index contributed by atoms with van der Waals surface area (Å²) in [7, 11) is 1.59. The van der Waals surface area contributed by atoms with Gasteiger partial charge >= 0.3 is 0 Å². The molecule has 1 aromatic carbocycles. The molecule has 2 heterocycles. The van der Waals surface area contributed by atoms with Crippen molar-refractivity contribution in [3.63, 3.8) is 0 Å². The Kier molecular flexibility index (Phi) is 6.69. The number of nitrogens with zero attached hydrogens (tertiary/aromatic N) is 2. The predicted molar refractivity (Wildman–Crippen MR) is 114 cm³/mol. The molecule has 0 saturated carbocycles. The van der Waals surface area contributed by atoms with Gasteiger partial charge in [0.1, 0.15) is 4.70 Å². The number of aromatic nitrogens is 2. The van der Waals surface area contributed by atoms with Crippen LogP contribution in [0.2, 0.25) is 0 Å². The second-order valence-electron chi connectivity index (χ2n) is 5.78. The van der Waals surface area contributed by atoms with Gasteiger partial charge in [-0.25, -0.2) is 4.98 Å². The quantitative estimate of drug-likeness (QED) is 0.421. The van der Waals surface area contributed by atoms with Crippen molar-refractivity contribution < 1.29 is 9.53 Å². The van der Waals surface area contributed by atoms with E-state index in [1.807, 2.05) is 36.6 Å². The van der Waals surface area contributed by atoms with E-state index in [2.05, 4.69) is 26.2 Å². The number of nitrogens with one attached hydrogen (secondary N) is 1. The molecule has 0 aliphatic rings. The summed E-state index contributed by atoms with van der Waals surface area (Å²) in [6.07, 6.45) is 0. The highest BCUT2D eigenvalue weighted by Crippen LogP contribution is 2.22. The minimum absolute atomic E-state index is 0.0986. The highest BCUT2D eigenvalue weighted by molar-refractivity contribution is 9.10. The number of rotatable bonds is 7. The molecule has 142 valence electrons. The molecule has 0 aliphatic heterocycles. The number of hydrogen-bond acceptors (Lipinski definition) is 6. The van der Waals surface area contributed by atoms with Crippen LogP contribution in [0.3, 0.4) is 0 Å². The zero-order chi connectivity index (χ0) is 19.4. The van der Waals surface area contributed by atoms with Gasteiger partial charge in [0, 0.05) is 17.3 Å². The molecule has 3 rings (SSSR count). The maximum atomic E-state index is 12.7. The highest BCUT2D eigenvalue weighted by Gasteiger charge is 2.14. The van der Waals surface area contributed by atoms with Crippen molar-refractivity contribution in [3.05, 3.63) is 50.0 Å². The second-order valence-corrected chi connectivity index (χ2v) is 8.49. The van der Waals surface area contributed by atoms with Crippen LogP contribution in [0.4, 0.5) is 5.69 Å². The number of thioether (sulfide) groups is 1. The fourth-order valence-corrected chi connectivity index (χ4v) is 4.31. The first-order chi connectivity index (χ1) is 13.0. The number of ether oxygens (including phenoxy) is 1. The Morgan fingerprint density at radius 3 is 2.96 bits per heavy atom. The lowest BCUT2D eigenvalue weighted by atomic mass is 10.2. The number of anilines is 1. The zero-order valence-electron chi connectivity index (χ0n) is 14.8. The lowest BCUT2D eigenvalue weighted by molar-refractivity contribution is -0.113. The Morgan fingerprint density at radius 2 is 2.22 bits per heavy atom. The number of benzene rings is 1. The molecule has 2 aromatic heterocycles. The Hall–Kier alpha value is -1.68. The molecule has 27 heavy (non-hydrogen) atoms. The fourth-order valence-electron chi connectivity index (χ4n) is 2.46. The molecule has 0 bridgehead atoms. The molecule has 0 unspecified atom stereocenters. The van der Waals surface area contributed by atoms with Gasteiger partial charge < -0.3 is 10.1 Å². The molecule has 1 N–H and O–H groups in total. The molecule has 9 heteroatoms. The third kappa shape index (κ3) is 4.78. The van der Waals surface area contributed by atoms with Gasteiger partial charge in [-0.05, 0) is 42.1 Å². The first kappa shape index (κ1) is 20.1. The minimum Gasteiger partial charge on any atom is -0.383 e. The third-order valence-electron chi connectivity index (χ3n) is 3.82. The van der Waals surface area contributed by atoms with E-state index in [4.69, 9.17) is 4.74 Å². The molecule has 0 atom stereocenters. The van der Waals surface area contributed by atoms with E-state index in [0.717, 1.165) is 15.7 Å². The van der Waals surface area contributed by atoms with E-state index in [1.54, 1.807) is 11.7 Å². The average molecular weight is 468 g/mol. The average Bonchev–Trinajstić information content (AvgIpc) is 3.11. The Labute approximate surface area is 173 Å². The Balaban J connectivity index is 1.76. The van der Waals surface area contributed by atoms with Crippen molar-refractivity contribution in [2.45, 2.75) is 18.6 Å². The van der Waals surface area contributed by atoms with Crippen LogP contribution in [0.5, 0.6) is 0 Å². The van der Waals surface area contributed by atoms with Gasteiger partial charge in [0.05, 0.1) is 24.4 Å². The second kappa shape index (κ2) is 9.01. The molecule has 0 aliphatic carbocycles. The summed E-state index contributed by atoms with van der Waals surface area (Å²) in [5, 5.41) is 5.23. The van der Waals surface area contributed by atoms with E-state index in [1.165, 1.54) is 23.1 Å². The zero-order valence-corrected chi connectivity index (χ0v) is 18.0. The summed E-state index contributed by atoms with van der Waals surface area (Å²) in [5.74, 6) is 0.00385. The number of aryl methyl sites for hydroxylation is 1. The number of amides is 1. The highest BCUT2D eigenvalue weighted by atomic mass is 79.9. The van der Waals surface area contributed by atoms with E-state index in [9.17, 15) is 9.59 Å². The molecular formula is C18H18BrN3O3S2. The van der Waals surface area contributed by atoms with Crippen LogP contribution in [0, 0.1) is 6.92 Å². The van der Waals surface area contributed by atoms with Gasteiger partial charge in [-0.2, -0.15) is 0 Å². The van der Waals surface area contributed by atoms with Crippen LogP contribution in [0.15, 0.2) is 44.1 Å². The van der Waals surface area contributed by atoms with Crippen molar-refractivity contribution in [3.8, 4) is 0 Å². The fraction of sp³-hybridized carbons (Fsp3) is 0.278. The van der Waals surface area contributed by atoms with Crippen LogP contribution < -0.4 is 10.9 Å². The van der Waals surface area contributed by atoms with Gasteiger partial charge in [-0.15, -0.1) is 11.3 Å². The van der Waals surface area contributed by atoms with E-state index >= 15 is 0 Å². The molecule has 0 fully saturated rings. The summed E-state index contributed by atoms with van der Waals surface area (Å²) in [6.45, 7) is 2.76. The lowest BCUT2D eigenvalue weighted by Gasteiger charge is -2.12. The summed E-state index contributed by atoms with van der Waals surface area (Å²) in [4.78, 5) is 29.6. The summed E-state index contributed by atoms with van der Waals surface area (Å²) in [6, 6.07) is 7.45. The number of thiophene rings is 1. The first-order valence-electron chi connectivity index (χ1n) is 8.15. The van der Waals surface area contributed by atoms with Gasteiger partial charge in [0.25, 0.3) is 5.56 Å². The monoisotopic (exact) mass is 467 g/mol. The normalized spacial score (nSPS) is 11.1. The Bertz CT molecular complexity index is 1030.